The van der Waals surface area contributed by atoms with Crippen molar-refractivity contribution in [3.8, 4) is 5.75 Å². The van der Waals surface area contributed by atoms with Crippen LogP contribution in [0.25, 0.3) is 0 Å². The number of aryl methyl sites for hydroxylation is 1. The number of carbonyl (C=O) groups is 1. The van der Waals surface area contributed by atoms with Gasteiger partial charge >= 0.3 is 5.97 Å². The molecule has 0 spiro atoms. The van der Waals surface area contributed by atoms with E-state index >= 15 is 0 Å². The van der Waals surface area contributed by atoms with Gasteiger partial charge in [-0.05, 0) is 50.5 Å². The molecule has 21 heavy (non-hydrogen) atoms. The van der Waals surface area contributed by atoms with E-state index in [4.69, 9.17) is 9.84 Å². The van der Waals surface area contributed by atoms with Crippen LogP contribution in [0.2, 0.25) is 0 Å². The van der Waals surface area contributed by atoms with E-state index in [9.17, 15) is 13.2 Å². The Morgan fingerprint density at radius 3 is 2.76 bits per heavy atom. The Kier molecular flexibility index (Phi) is 4.53. The lowest BCUT2D eigenvalue weighted by molar-refractivity contribution is -0.140. The predicted molar refractivity (Wildman–Crippen MR) is 76.9 cm³/mol. The molecule has 6 nitrogen and oxygen atoms in total. The molecule has 1 N–H and O–H groups in total. The molecule has 0 bridgehead atoms. The molecule has 1 aliphatic rings. The Balaban J connectivity index is 2.35. The van der Waals surface area contributed by atoms with Crippen molar-refractivity contribution in [2.75, 3.05) is 13.2 Å². The van der Waals surface area contributed by atoms with E-state index in [0.717, 1.165) is 4.31 Å². The summed E-state index contributed by atoms with van der Waals surface area (Å²) in [5.41, 5.74) is 0.712. The molecule has 1 aromatic carbocycles. The Hall–Kier alpha value is -1.60. The van der Waals surface area contributed by atoms with E-state index in [-0.39, 0.29) is 11.4 Å². The summed E-state index contributed by atoms with van der Waals surface area (Å²) in [6.45, 7) is 4.36. The summed E-state index contributed by atoms with van der Waals surface area (Å²) in [6.07, 6.45) is 0.913. The third-order valence-electron chi connectivity index (χ3n) is 3.54. The zero-order chi connectivity index (χ0) is 15.6. The van der Waals surface area contributed by atoms with Gasteiger partial charge in [0.25, 0.3) is 0 Å². The number of benzene rings is 1. The first kappa shape index (κ1) is 15.8. The molecule has 0 unspecified atom stereocenters. The van der Waals surface area contributed by atoms with Crippen LogP contribution in [0.15, 0.2) is 23.1 Å². The fourth-order valence-corrected chi connectivity index (χ4v) is 4.25. The minimum atomic E-state index is -3.79. The van der Waals surface area contributed by atoms with Crippen molar-refractivity contribution in [1.82, 2.24) is 4.31 Å². The van der Waals surface area contributed by atoms with E-state index in [1.165, 1.54) is 12.1 Å². The van der Waals surface area contributed by atoms with Crippen molar-refractivity contribution in [1.29, 1.82) is 0 Å². The van der Waals surface area contributed by atoms with Crippen LogP contribution in [-0.2, 0) is 14.8 Å². The standard InChI is InChI=1S/C14H19NO5S/c1-3-20-13-7-6-11(9-10(13)2)21(18,19)15-8-4-5-12(15)14(16)17/h6-7,9,12H,3-5,8H2,1-2H3,(H,16,17)/t12-/m1/s1. The van der Waals surface area contributed by atoms with Crippen LogP contribution >= 0.6 is 0 Å². The first-order chi connectivity index (χ1) is 9.87. The molecule has 2 rings (SSSR count). The van der Waals surface area contributed by atoms with Gasteiger partial charge in [0.2, 0.25) is 10.0 Å². The highest BCUT2D eigenvalue weighted by Gasteiger charge is 2.39. The van der Waals surface area contributed by atoms with Crippen LogP contribution in [0.3, 0.4) is 0 Å². The molecule has 7 heteroatoms. The monoisotopic (exact) mass is 313 g/mol. The lowest BCUT2D eigenvalue weighted by Gasteiger charge is -2.21. The average molecular weight is 313 g/mol. The Morgan fingerprint density at radius 2 is 2.19 bits per heavy atom. The molecule has 1 atom stereocenters. The summed E-state index contributed by atoms with van der Waals surface area (Å²) in [5, 5.41) is 9.14. The average Bonchev–Trinajstić information content (AvgIpc) is 2.91. The van der Waals surface area contributed by atoms with E-state index < -0.39 is 22.0 Å². The van der Waals surface area contributed by atoms with Crippen molar-refractivity contribution < 1.29 is 23.1 Å². The number of rotatable bonds is 5. The molecule has 0 aromatic heterocycles. The highest BCUT2D eigenvalue weighted by Crippen LogP contribution is 2.29. The topological polar surface area (TPSA) is 83.9 Å². The van der Waals surface area contributed by atoms with Crippen LogP contribution < -0.4 is 4.74 Å². The summed E-state index contributed by atoms with van der Waals surface area (Å²) >= 11 is 0. The third-order valence-corrected chi connectivity index (χ3v) is 5.45. The van der Waals surface area contributed by atoms with Gasteiger partial charge in [-0.15, -0.1) is 0 Å². The summed E-state index contributed by atoms with van der Waals surface area (Å²) < 4.78 is 31.6. The summed E-state index contributed by atoms with van der Waals surface area (Å²) in [6, 6.07) is 3.63. The van der Waals surface area contributed by atoms with Gasteiger partial charge in [0, 0.05) is 6.54 Å². The summed E-state index contributed by atoms with van der Waals surface area (Å²) in [4.78, 5) is 11.3. The van der Waals surface area contributed by atoms with Crippen LogP contribution in [0, 0.1) is 6.92 Å². The largest absolute Gasteiger partial charge is 0.494 e. The van der Waals surface area contributed by atoms with Crippen molar-refractivity contribution >= 4 is 16.0 Å². The van der Waals surface area contributed by atoms with Gasteiger partial charge in [-0.3, -0.25) is 4.79 Å². The van der Waals surface area contributed by atoms with Crippen molar-refractivity contribution in [3.63, 3.8) is 0 Å². The lowest BCUT2D eigenvalue weighted by Crippen LogP contribution is -2.40. The van der Waals surface area contributed by atoms with Crippen LogP contribution in [0.5, 0.6) is 5.75 Å². The minimum Gasteiger partial charge on any atom is -0.494 e. The van der Waals surface area contributed by atoms with Gasteiger partial charge in [-0.25, -0.2) is 8.42 Å². The molecule has 1 saturated heterocycles. The van der Waals surface area contributed by atoms with Gasteiger partial charge in [0.15, 0.2) is 0 Å². The number of hydrogen-bond donors (Lipinski definition) is 1. The molecule has 0 radical (unpaired) electrons. The Bertz CT molecular complexity index is 641. The minimum absolute atomic E-state index is 0.108. The number of carboxylic acid groups (broad SMARTS) is 1. The second-order valence-electron chi connectivity index (χ2n) is 4.97. The SMILES string of the molecule is CCOc1ccc(S(=O)(=O)N2CCC[C@@H]2C(=O)O)cc1C. The summed E-state index contributed by atoms with van der Waals surface area (Å²) in [5.74, 6) is -0.466. The van der Waals surface area contributed by atoms with Crippen molar-refractivity contribution in [3.05, 3.63) is 23.8 Å². The van der Waals surface area contributed by atoms with E-state index in [1.807, 2.05) is 6.92 Å². The van der Waals surface area contributed by atoms with Crippen LogP contribution in [0.4, 0.5) is 0 Å². The maximum Gasteiger partial charge on any atom is 0.322 e. The zero-order valence-electron chi connectivity index (χ0n) is 12.1. The fourth-order valence-electron chi connectivity index (χ4n) is 2.51. The fraction of sp³-hybridized carbons (Fsp3) is 0.500. The normalized spacial score (nSPS) is 19.6. The number of hydrogen-bond acceptors (Lipinski definition) is 4. The number of aliphatic carboxylic acids is 1. The van der Waals surface area contributed by atoms with Crippen molar-refractivity contribution in [2.24, 2.45) is 0 Å². The number of nitrogens with zero attached hydrogens (tertiary/aromatic N) is 1. The first-order valence-corrected chi connectivity index (χ1v) is 8.30. The number of carboxylic acids is 1. The molecule has 0 amide bonds. The zero-order valence-corrected chi connectivity index (χ0v) is 12.9. The highest BCUT2D eigenvalue weighted by atomic mass is 32.2. The maximum absolute atomic E-state index is 12.6. The molecule has 0 saturated carbocycles. The molecular weight excluding hydrogens is 294 g/mol. The van der Waals surface area contributed by atoms with Gasteiger partial charge in [-0.2, -0.15) is 4.31 Å². The van der Waals surface area contributed by atoms with Gasteiger partial charge in [0.05, 0.1) is 11.5 Å². The van der Waals surface area contributed by atoms with Gasteiger partial charge in [0.1, 0.15) is 11.8 Å². The smallest absolute Gasteiger partial charge is 0.322 e. The molecule has 116 valence electrons. The van der Waals surface area contributed by atoms with E-state index in [0.29, 0.717) is 30.8 Å². The Labute approximate surface area is 124 Å². The second kappa shape index (κ2) is 6.03. The lowest BCUT2D eigenvalue weighted by atomic mass is 10.2. The maximum atomic E-state index is 12.6. The van der Waals surface area contributed by atoms with E-state index in [1.54, 1.807) is 13.0 Å². The van der Waals surface area contributed by atoms with Crippen molar-refractivity contribution in [2.45, 2.75) is 37.6 Å². The predicted octanol–water partition coefficient (Wildman–Crippen LogP) is 1.63. The summed E-state index contributed by atoms with van der Waals surface area (Å²) in [7, 11) is -3.79. The number of ether oxygens (including phenoxy) is 1. The molecule has 1 aliphatic heterocycles. The van der Waals surface area contributed by atoms with Gasteiger partial charge in [-0.1, -0.05) is 0 Å². The van der Waals surface area contributed by atoms with E-state index in [2.05, 4.69) is 0 Å². The van der Waals surface area contributed by atoms with Crippen LogP contribution in [0.1, 0.15) is 25.3 Å². The molecule has 1 heterocycles. The molecular formula is C14H19NO5S. The van der Waals surface area contributed by atoms with Crippen LogP contribution in [-0.4, -0.2) is 43.0 Å². The molecule has 1 aromatic rings. The highest BCUT2D eigenvalue weighted by molar-refractivity contribution is 7.89. The molecule has 1 fully saturated rings. The van der Waals surface area contributed by atoms with Gasteiger partial charge < -0.3 is 9.84 Å². The first-order valence-electron chi connectivity index (χ1n) is 6.86. The molecule has 0 aliphatic carbocycles. The Morgan fingerprint density at radius 1 is 1.48 bits per heavy atom. The number of sulfonamides is 1. The third kappa shape index (κ3) is 3.03. The quantitative estimate of drug-likeness (QED) is 0.893. The second-order valence-corrected chi connectivity index (χ2v) is 6.86.